The van der Waals surface area contributed by atoms with Crippen LogP contribution >= 0.6 is 0 Å². The largest absolute Gasteiger partial charge is 0.550 e. The van der Waals surface area contributed by atoms with Gasteiger partial charge >= 0.3 is 0 Å². The molecule has 5 nitrogen and oxygen atoms in total. The number of aliphatic hydroxyl groups is 1. The van der Waals surface area contributed by atoms with E-state index in [0.29, 0.717) is 12.0 Å². The first-order valence-corrected chi connectivity index (χ1v) is 3.72. The normalized spacial score (nSPS) is 25.0. The van der Waals surface area contributed by atoms with E-state index >= 15 is 0 Å². The molecular formula is C8H8O5-2. The highest BCUT2D eigenvalue weighted by Gasteiger charge is 2.40. The number of aliphatic hydroxyl groups excluding tert-OH is 1. The highest BCUT2D eigenvalue weighted by atomic mass is 16.4. The Morgan fingerprint density at radius 1 is 1.46 bits per heavy atom. The highest BCUT2D eigenvalue weighted by Crippen LogP contribution is 2.43. The molecule has 0 saturated heterocycles. The van der Waals surface area contributed by atoms with Gasteiger partial charge in [0, 0.05) is 11.9 Å². The van der Waals surface area contributed by atoms with Crippen molar-refractivity contribution in [1.29, 1.82) is 0 Å². The Labute approximate surface area is 74.3 Å². The maximum absolute atomic E-state index is 10.5. The molecule has 1 fully saturated rings. The third-order valence-electron chi connectivity index (χ3n) is 2.13. The minimum atomic E-state index is -2.02. The Morgan fingerprint density at radius 2 is 1.92 bits per heavy atom. The lowest BCUT2D eigenvalue weighted by atomic mass is 9.97. The summed E-state index contributed by atoms with van der Waals surface area (Å²) in [6.45, 7) is 3.48. The summed E-state index contributed by atoms with van der Waals surface area (Å²) in [6, 6.07) is 0. The number of hydrogen-bond donors (Lipinski definition) is 1. The van der Waals surface area contributed by atoms with Gasteiger partial charge in [0.15, 0.2) is 0 Å². The van der Waals surface area contributed by atoms with Crippen LogP contribution in [0.25, 0.3) is 0 Å². The van der Waals surface area contributed by atoms with Crippen molar-refractivity contribution < 1.29 is 24.9 Å². The molecule has 1 rings (SSSR count). The van der Waals surface area contributed by atoms with Crippen LogP contribution in [0.15, 0.2) is 12.2 Å². The molecule has 0 aliphatic heterocycles. The SMILES string of the molecule is C=C1CC1C(C(=O)[O-])C(O)C(=O)[O-]. The average Bonchev–Trinajstić information content (AvgIpc) is 2.66. The molecular weight excluding hydrogens is 176 g/mol. The van der Waals surface area contributed by atoms with Gasteiger partial charge < -0.3 is 24.9 Å². The summed E-state index contributed by atoms with van der Waals surface area (Å²) >= 11 is 0. The van der Waals surface area contributed by atoms with Crippen LogP contribution < -0.4 is 10.2 Å². The van der Waals surface area contributed by atoms with Crippen molar-refractivity contribution in [2.45, 2.75) is 12.5 Å². The summed E-state index contributed by atoms with van der Waals surface area (Å²) in [7, 11) is 0. The topological polar surface area (TPSA) is 100 Å². The van der Waals surface area contributed by atoms with Crippen LogP contribution in [-0.4, -0.2) is 23.1 Å². The van der Waals surface area contributed by atoms with E-state index in [4.69, 9.17) is 5.11 Å². The molecule has 1 N–H and O–H groups in total. The van der Waals surface area contributed by atoms with Gasteiger partial charge in [-0.1, -0.05) is 12.2 Å². The molecule has 0 amide bonds. The molecule has 3 unspecified atom stereocenters. The molecule has 0 aromatic heterocycles. The maximum Gasteiger partial charge on any atom is 0.102 e. The zero-order valence-corrected chi connectivity index (χ0v) is 6.73. The minimum Gasteiger partial charge on any atom is -0.550 e. The molecule has 3 atom stereocenters. The number of carboxylic acid groups (broad SMARTS) is 2. The third kappa shape index (κ3) is 1.86. The lowest BCUT2D eigenvalue weighted by Crippen LogP contribution is -2.48. The van der Waals surface area contributed by atoms with E-state index in [1.54, 1.807) is 0 Å². The molecule has 13 heavy (non-hydrogen) atoms. The molecule has 5 heteroatoms. The first kappa shape index (κ1) is 9.73. The molecule has 1 saturated carbocycles. The van der Waals surface area contributed by atoms with E-state index in [1.807, 2.05) is 0 Å². The molecule has 1 aliphatic carbocycles. The zero-order chi connectivity index (χ0) is 10.2. The quantitative estimate of drug-likeness (QED) is 0.470. The van der Waals surface area contributed by atoms with E-state index in [1.165, 1.54) is 0 Å². The number of allylic oxidation sites excluding steroid dienone is 1. The number of rotatable bonds is 4. The summed E-state index contributed by atoms with van der Waals surface area (Å²) in [5.74, 6) is -5.30. The van der Waals surface area contributed by atoms with Crippen LogP contribution in [-0.2, 0) is 9.59 Å². The van der Waals surface area contributed by atoms with Gasteiger partial charge in [0.2, 0.25) is 0 Å². The van der Waals surface area contributed by atoms with Crippen LogP contribution in [0.5, 0.6) is 0 Å². The fourth-order valence-electron chi connectivity index (χ4n) is 1.26. The summed E-state index contributed by atoms with van der Waals surface area (Å²) in [6.07, 6.45) is -1.60. The summed E-state index contributed by atoms with van der Waals surface area (Å²) in [5.41, 5.74) is 0.620. The van der Waals surface area contributed by atoms with Gasteiger partial charge in [-0.3, -0.25) is 0 Å². The van der Waals surface area contributed by atoms with Crippen molar-refractivity contribution in [2.24, 2.45) is 11.8 Å². The van der Waals surface area contributed by atoms with Gasteiger partial charge in [-0.2, -0.15) is 0 Å². The van der Waals surface area contributed by atoms with Gasteiger partial charge in [0.25, 0.3) is 0 Å². The number of carbonyl (C=O) groups is 2. The van der Waals surface area contributed by atoms with E-state index in [0.717, 1.165) is 0 Å². The van der Waals surface area contributed by atoms with Crippen LogP contribution in [0.4, 0.5) is 0 Å². The van der Waals surface area contributed by atoms with E-state index < -0.39 is 29.9 Å². The van der Waals surface area contributed by atoms with Gasteiger partial charge in [-0.15, -0.1) is 0 Å². The van der Waals surface area contributed by atoms with Gasteiger partial charge in [-0.25, -0.2) is 0 Å². The third-order valence-corrected chi connectivity index (χ3v) is 2.13. The van der Waals surface area contributed by atoms with Gasteiger partial charge in [-0.05, 0) is 12.3 Å². The fourth-order valence-corrected chi connectivity index (χ4v) is 1.26. The Hall–Kier alpha value is -1.36. The Bertz CT molecular complexity index is 270. The Kier molecular flexibility index (Phi) is 2.38. The second kappa shape index (κ2) is 3.18. The average molecular weight is 184 g/mol. The molecule has 0 spiro atoms. The lowest BCUT2D eigenvalue weighted by Gasteiger charge is -2.23. The Balaban J connectivity index is 2.74. The molecule has 72 valence electrons. The second-order valence-electron chi connectivity index (χ2n) is 3.08. The van der Waals surface area contributed by atoms with Crippen molar-refractivity contribution in [1.82, 2.24) is 0 Å². The van der Waals surface area contributed by atoms with Crippen molar-refractivity contribution in [2.75, 3.05) is 0 Å². The van der Waals surface area contributed by atoms with Crippen molar-refractivity contribution in [3.8, 4) is 0 Å². The molecule has 0 radical (unpaired) electrons. The standard InChI is InChI=1S/C8H10O5/c1-3-2-4(3)5(7(10)11)6(9)8(12)13/h4-6,9H,1-2H2,(H,10,11)(H,12,13)/p-2. The Morgan fingerprint density at radius 3 is 2.15 bits per heavy atom. The van der Waals surface area contributed by atoms with Crippen LogP contribution in [0, 0.1) is 11.8 Å². The van der Waals surface area contributed by atoms with E-state index in [9.17, 15) is 19.8 Å². The van der Waals surface area contributed by atoms with Crippen LogP contribution in [0.2, 0.25) is 0 Å². The molecule has 0 heterocycles. The first-order chi connectivity index (χ1) is 5.95. The van der Waals surface area contributed by atoms with Crippen molar-refractivity contribution in [3.05, 3.63) is 12.2 Å². The number of aliphatic carboxylic acids is 2. The fraction of sp³-hybridized carbons (Fsp3) is 0.500. The summed E-state index contributed by atoms with van der Waals surface area (Å²) < 4.78 is 0. The summed E-state index contributed by atoms with van der Waals surface area (Å²) in [4.78, 5) is 20.7. The molecule has 1 aliphatic rings. The highest BCUT2D eigenvalue weighted by molar-refractivity contribution is 5.80. The molecule has 0 aromatic rings. The van der Waals surface area contributed by atoms with Crippen LogP contribution in [0.1, 0.15) is 6.42 Å². The van der Waals surface area contributed by atoms with E-state index in [2.05, 4.69) is 6.58 Å². The van der Waals surface area contributed by atoms with Crippen molar-refractivity contribution in [3.63, 3.8) is 0 Å². The lowest BCUT2D eigenvalue weighted by molar-refractivity contribution is -0.330. The first-order valence-electron chi connectivity index (χ1n) is 3.72. The van der Waals surface area contributed by atoms with Gasteiger partial charge in [0.1, 0.15) is 6.10 Å². The van der Waals surface area contributed by atoms with Crippen LogP contribution in [0.3, 0.4) is 0 Å². The number of carboxylic acids is 2. The number of hydrogen-bond acceptors (Lipinski definition) is 5. The predicted octanol–water partition coefficient (Wildman–Crippen LogP) is -2.96. The van der Waals surface area contributed by atoms with Crippen molar-refractivity contribution >= 4 is 11.9 Å². The zero-order valence-electron chi connectivity index (χ0n) is 6.73. The second-order valence-corrected chi connectivity index (χ2v) is 3.08. The van der Waals surface area contributed by atoms with E-state index in [-0.39, 0.29) is 0 Å². The molecule has 0 bridgehead atoms. The number of carbonyl (C=O) groups excluding carboxylic acids is 2. The molecule has 0 aromatic carbocycles. The predicted molar refractivity (Wildman–Crippen MR) is 36.8 cm³/mol. The monoisotopic (exact) mass is 184 g/mol. The van der Waals surface area contributed by atoms with Gasteiger partial charge in [0.05, 0.1) is 5.97 Å². The minimum absolute atomic E-state index is 0.420. The maximum atomic E-state index is 10.5. The smallest absolute Gasteiger partial charge is 0.102 e. The summed E-state index contributed by atoms with van der Waals surface area (Å²) in [5, 5.41) is 29.6.